The van der Waals surface area contributed by atoms with Crippen LogP contribution in [0.25, 0.3) is 0 Å². The second kappa shape index (κ2) is 13.4. The lowest BCUT2D eigenvalue weighted by Gasteiger charge is -2.06. The zero-order valence-electron chi connectivity index (χ0n) is 14.7. The number of hydrogen-bond donors (Lipinski definition) is 0. The minimum absolute atomic E-state index is 0.387. The molecule has 0 heterocycles. The fourth-order valence-corrected chi connectivity index (χ4v) is 2.90. The fraction of sp³-hybridized carbons (Fsp3) is 0.600. The number of isocyanates is 2. The van der Waals surface area contributed by atoms with E-state index in [9.17, 15) is 9.59 Å². The van der Waals surface area contributed by atoms with Gasteiger partial charge in [-0.15, -0.1) is 0 Å². The summed E-state index contributed by atoms with van der Waals surface area (Å²) in [6.07, 6.45) is 16.7. The molecule has 130 valence electrons. The van der Waals surface area contributed by atoms with Crippen molar-refractivity contribution in [2.24, 2.45) is 9.98 Å². The third-order valence-corrected chi connectivity index (χ3v) is 4.22. The Morgan fingerprint density at radius 2 is 1.38 bits per heavy atom. The van der Waals surface area contributed by atoms with E-state index < -0.39 is 0 Å². The van der Waals surface area contributed by atoms with Crippen molar-refractivity contribution in [3.63, 3.8) is 0 Å². The maximum atomic E-state index is 10.6. The largest absolute Gasteiger partial charge is 0.240 e. The first kappa shape index (κ1) is 20.0. The molecule has 4 heteroatoms. The highest BCUT2D eigenvalue weighted by Crippen LogP contribution is 2.32. The van der Waals surface area contributed by atoms with Gasteiger partial charge in [-0.25, -0.2) is 9.59 Å². The van der Waals surface area contributed by atoms with Crippen molar-refractivity contribution >= 4 is 23.5 Å². The number of carbonyl (C=O) groups excluding carboxylic acids is 2. The van der Waals surface area contributed by atoms with Crippen LogP contribution >= 0.6 is 0 Å². The highest BCUT2D eigenvalue weighted by atomic mass is 16.1. The Labute approximate surface area is 145 Å². The zero-order chi connectivity index (χ0) is 17.5. The number of aryl methyl sites for hydroxylation is 1. The van der Waals surface area contributed by atoms with Crippen LogP contribution in [-0.2, 0) is 16.0 Å². The molecule has 0 aromatic heterocycles. The van der Waals surface area contributed by atoms with Crippen molar-refractivity contribution in [1.82, 2.24) is 0 Å². The predicted molar refractivity (Wildman–Crippen MR) is 97.6 cm³/mol. The monoisotopic (exact) mass is 328 g/mol. The molecule has 4 nitrogen and oxygen atoms in total. The molecular weight excluding hydrogens is 300 g/mol. The van der Waals surface area contributed by atoms with Gasteiger partial charge in [0.15, 0.2) is 0 Å². The van der Waals surface area contributed by atoms with E-state index in [0.29, 0.717) is 11.4 Å². The van der Waals surface area contributed by atoms with Gasteiger partial charge in [-0.1, -0.05) is 76.8 Å². The van der Waals surface area contributed by atoms with Crippen LogP contribution < -0.4 is 0 Å². The third-order valence-electron chi connectivity index (χ3n) is 4.22. The van der Waals surface area contributed by atoms with Gasteiger partial charge in [0.05, 0.1) is 0 Å². The van der Waals surface area contributed by atoms with E-state index in [0.717, 1.165) is 18.4 Å². The normalized spacial score (nSPS) is 10.0. The van der Waals surface area contributed by atoms with Crippen molar-refractivity contribution in [3.8, 4) is 0 Å². The Balaban J connectivity index is 2.31. The quantitative estimate of drug-likeness (QED) is 0.250. The molecule has 0 N–H and O–H groups in total. The molecule has 1 rings (SSSR count). The number of aliphatic imine (C=N–C) groups is 2. The molecule has 0 amide bonds. The minimum atomic E-state index is 0.387. The Kier molecular flexibility index (Phi) is 11.2. The van der Waals surface area contributed by atoms with E-state index in [1.54, 1.807) is 12.1 Å². The maximum Gasteiger partial charge on any atom is 0.240 e. The lowest BCUT2D eigenvalue weighted by atomic mass is 10.0. The summed E-state index contributed by atoms with van der Waals surface area (Å²) < 4.78 is 0. The van der Waals surface area contributed by atoms with Crippen LogP contribution in [0.15, 0.2) is 28.2 Å². The molecule has 1 aromatic carbocycles. The Morgan fingerprint density at radius 1 is 0.792 bits per heavy atom. The topological polar surface area (TPSA) is 58.9 Å². The summed E-state index contributed by atoms with van der Waals surface area (Å²) in [6, 6.07) is 5.41. The van der Waals surface area contributed by atoms with Crippen LogP contribution in [0.2, 0.25) is 0 Å². The van der Waals surface area contributed by atoms with Gasteiger partial charge < -0.3 is 0 Å². The van der Waals surface area contributed by atoms with Gasteiger partial charge in [-0.2, -0.15) is 9.98 Å². The van der Waals surface area contributed by atoms with Gasteiger partial charge >= 0.3 is 0 Å². The Morgan fingerprint density at radius 3 is 1.96 bits per heavy atom. The van der Waals surface area contributed by atoms with Crippen LogP contribution in [0.5, 0.6) is 0 Å². The third kappa shape index (κ3) is 8.01. The highest BCUT2D eigenvalue weighted by molar-refractivity contribution is 5.71. The smallest absolute Gasteiger partial charge is 0.211 e. The summed E-state index contributed by atoms with van der Waals surface area (Å²) in [4.78, 5) is 28.4. The van der Waals surface area contributed by atoms with Crippen LogP contribution in [0.1, 0.15) is 76.7 Å². The van der Waals surface area contributed by atoms with Crippen molar-refractivity contribution in [2.45, 2.75) is 77.6 Å². The molecule has 0 radical (unpaired) electrons. The molecule has 0 spiro atoms. The summed E-state index contributed by atoms with van der Waals surface area (Å²) in [5, 5.41) is 0. The fourth-order valence-electron chi connectivity index (χ4n) is 2.90. The number of benzene rings is 1. The molecule has 0 saturated carbocycles. The van der Waals surface area contributed by atoms with E-state index in [-0.39, 0.29) is 0 Å². The molecule has 0 fully saturated rings. The maximum absolute atomic E-state index is 10.6. The van der Waals surface area contributed by atoms with Gasteiger partial charge in [0.2, 0.25) is 12.2 Å². The van der Waals surface area contributed by atoms with Gasteiger partial charge in [0, 0.05) is 0 Å². The van der Waals surface area contributed by atoms with Gasteiger partial charge in [-0.05, 0) is 24.5 Å². The first-order valence-corrected chi connectivity index (χ1v) is 9.11. The molecular formula is C20H28N2O2. The molecule has 0 atom stereocenters. The Hall–Kier alpha value is -2.02. The molecule has 0 bridgehead atoms. The van der Waals surface area contributed by atoms with Gasteiger partial charge in [-0.3, -0.25) is 0 Å². The van der Waals surface area contributed by atoms with Crippen LogP contribution in [0, 0.1) is 0 Å². The molecule has 0 saturated heterocycles. The lowest BCUT2D eigenvalue weighted by Crippen LogP contribution is -1.88. The summed E-state index contributed by atoms with van der Waals surface area (Å²) in [6.45, 7) is 2.24. The first-order valence-electron chi connectivity index (χ1n) is 9.11. The van der Waals surface area contributed by atoms with Crippen molar-refractivity contribution in [1.29, 1.82) is 0 Å². The predicted octanol–water partition coefficient (Wildman–Crippen LogP) is 6.08. The number of rotatable bonds is 13. The number of unbranched alkanes of at least 4 members (excludes halogenated alkanes) is 9. The van der Waals surface area contributed by atoms with E-state index in [1.807, 2.05) is 12.1 Å². The lowest BCUT2D eigenvalue weighted by molar-refractivity contribution is 0.556. The summed E-state index contributed by atoms with van der Waals surface area (Å²) in [5.41, 5.74) is 1.78. The minimum Gasteiger partial charge on any atom is -0.211 e. The van der Waals surface area contributed by atoms with Crippen LogP contribution in [0.4, 0.5) is 11.4 Å². The van der Waals surface area contributed by atoms with Crippen molar-refractivity contribution < 1.29 is 9.59 Å². The van der Waals surface area contributed by atoms with Crippen molar-refractivity contribution in [3.05, 3.63) is 23.8 Å². The first-order chi connectivity index (χ1) is 11.8. The summed E-state index contributed by atoms with van der Waals surface area (Å²) in [5.74, 6) is 0. The van der Waals surface area contributed by atoms with Gasteiger partial charge in [0.1, 0.15) is 11.4 Å². The van der Waals surface area contributed by atoms with E-state index in [1.165, 1.54) is 63.9 Å². The molecule has 0 aliphatic rings. The second-order valence-electron chi connectivity index (χ2n) is 6.12. The van der Waals surface area contributed by atoms with Crippen LogP contribution in [0.3, 0.4) is 0 Å². The Bertz CT molecular complexity index is 571. The molecule has 0 aliphatic heterocycles. The van der Waals surface area contributed by atoms with Crippen LogP contribution in [-0.4, -0.2) is 12.2 Å². The summed E-state index contributed by atoms with van der Waals surface area (Å²) >= 11 is 0. The molecule has 24 heavy (non-hydrogen) atoms. The second-order valence-corrected chi connectivity index (χ2v) is 6.12. The van der Waals surface area contributed by atoms with E-state index in [4.69, 9.17) is 0 Å². The molecule has 0 aliphatic carbocycles. The number of para-hydroxylation sites is 1. The number of hydrogen-bond acceptors (Lipinski definition) is 4. The zero-order valence-corrected chi connectivity index (χ0v) is 14.7. The summed E-state index contributed by atoms with van der Waals surface area (Å²) in [7, 11) is 0. The van der Waals surface area contributed by atoms with E-state index >= 15 is 0 Å². The van der Waals surface area contributed by atoms with E-state index in [2.05, 4.69) is 16.9 Å². The van der Waals surface area contributed by atoms with Crippen molar-refractivity contribution in [2.75, 3.05) is 0 Å². The average Bonchev–Trinajstić information content (AvgIpc) is 2.59. The number of nitrogens with zero attached hydrogens (tertiary/aromatic N) is 2. The molecule has 0 unspecified atom stereocenters. The average molecular weight is 328 g/mol. The highest BCUT2D eigenvalue weighted by Gasteiger charge is 2.07. The molecule has 1 aromatic rings. The standard InChI is InChI=1S/C20H28N2O2/c1-2-3-4-5-6-7-8-9-10-11-13-18-14-12-15-19(21-16-23)20(18)22-17-24/h12,14-15H,2-11,13H2,1H3. The SMILES string of the molecule is CCCCCCCCCCCCc1cccc(N=C=O)c1N=C=O. The van der Waals surface area contributed by atoms with Gasteiger partial charge in [0.25, 0.3) is 0 Å².